The van der Waals surface area contributed by atoms with Gasteiger partial charge in [0.15, 0.2) is 0 Å². The normalized spacial score (nSPS) is 10.2. The minimum atomic E-state index is -1.06. The quantitative estimate of drug-likeness (QED) is 0.443. The van der Waals surface area contributed by atoms with Gasteiger partial charge >= 0.3 is 18.1 Å². The van der Waals surface area contributed by atoms with Crippen molar-refractivity contribution in [3.8, 4) is 11.1 Å². The minimum absolute atomic E-state index is 0.0139. The van der Waals surface area contributed by atoms with Crippen LogP contribution in [0.15, 0.2) is 78.9 Å². The number of esters is 2. The van der Waals surface area contributed by atoms with Crippen LogP contribution in [-0.2, 0) is 32.0 Å². The summed E-state index contributed by atoms with van der Waals surface area (Å²) in [5.74, 6) is -1.14. The van der Waals surface area contributed by atoms with E-state index in [2.05, 4.69) is 0 Å². The van der Waals surface area contributed by atoms with Crippen LogP contribution in [0.1, 0.15) is 21.5 Å². The molecule has 0 radical (unpaired) electrons. The molecule has 0 aromatic heterocycles. The summed E-state index contributed by atoms with van der Waals surface area (Å²) in [5, 5.41) is 0. The van der Waals surface area contributed by atoms with E-state index in [1.807, 2.05) is 48.5 Å². The summed E-state index contributed by atoms with van der Waals surface area (Å²) in [4.78, 5) is 35.6. The van der Waals surface area contributed by atoms with Crippen molar-refractivity contribution < 1.29 is 28.6 Å². The van der Waals surface area contributed by atoms with Gasteiger partial charge in [-0.05, 0) is 34.4 Å². The first kappa shape index (κ1) is 20.8. The molecule has 6 nitrogen and oxygen atoms in total. The van der Waals surface area contributed by atoms with Gasteiger partial charge in [-0.1, -0.05) is 66.7 Å². The molecular weight excluding hydrogens is 384 g/mol. The third kappa shape index (κ3) is 5.78. The van der Waals surface area contributed by atoms with E-state index in [1.54, 1.807) is 30.3 Å². The van der Waals surface area contributed by atoms with E-state index in [4.69, 9.17) is 14.2 Å². The standard InChI is InChI=1S/C24H20O6/c1-28-22(25)14-18-9-5-10-19(13-18)20-11-6-12-21(15-20)23(26)30-24(27)29-16-17-7-3-2-4-8-17/h2-13,15H,14,16H2,1H3. The topological polar surface area (TPSA) is 78.9 Å². The van der Waals surface area contributed by atoms with Crippen molar-refractivity contribution in [1.29, 1.82) is 0 Å². The van der Waals surface area contributed by atoms with Gasteiger partial charge in [0.2, 0.25) is 0 Å². The second-order valence-corrected chi connectivity index (χ2v) is 6.45. The molecule has 0 spiro atoms. The lowest BCUT2D eigenvalue weighted by atomic mass is 10.00. The average molecular weight is 404 g/mol. The number of carbonyl (C=O) groups is 3. The maximum absolute atomic E-state index is 12.3. The molecule has 3 rings (SSSR count). The number of methoxy groups -OCH3 is 1. The summed E-state index contributed by atoms with van der Waals surface area (Å²) >= 11 is 0. The van der Waals surface area contributed by atoms with Gasteiger partial charge in [-0.25, -0.2) is 9.59 Å². The van der Waals surface area contributed by atoms with Gasteiger partial charge in [0, 0.05) is 0 Å². The maximum Gasteiger partial charge on any atom is 0.516 e. The van der Waals surface area contributed by atoms with Crippen molar-refractivity contribution in [2.45, 2.75) is 13.0 Å². The van der Waals surface area contributed by atoms with E-state index < -0.39 is 12.1 Å². The van der Waals surface area contributed by atoms with E-state index in [-0.39, 0.29) is 24.6 Å². The van der Waals surface area contributed by atoms with Gasteiger partial charge < -0.3 is 14.2 Å². The summed E-state index contributed by atoms with van der Waals surface area (Å²) in [6, 6.07) is 23.1. The Morgan fingerprint density at radius 2 is 1.43 bits per heavy atom. The molecule has 0 saturated heterocycles. The van der Waals surface area contributed by atoms with Crippen LogP contribution in [0.25, 0.3) is 11.1 Å². The molecule has 3 aromatic rings. The Kier molecular flexibility index (Phi) is 6.95. The molecule has 0 aliphatic rings. The number of hydrogen-bond acceptors (Lipinski definition) is 6. The molecule has 0 amide bonds. The molecule has 152 valence electrons. The Labute approximate surface area is 174 Å². The molecule has 0 unspecified atom stereocenters. The zero-order valence-corrected chi connectivity index (χ0v) is 16.4. The lowest BCUT2D eigenvalue weighted by molar-refractivity contribution is -0.139. The molecule has 0 atom stereocenters. The molecular formula is C24H20O6. The maximum atomic E-state index is 12.3. The SMILES string of the molecule is COC(=O)Cc1cccc(-c2cccc(C(=O)OC(=O)OCc3ccccc3)c2)c1. The van der Waals surface area contributed by atoms with Crippen molar-refractivity contribution in [3.63, 3.8) is 0 Å². The summed E-state index contributed by atoms with van der Waals surface area (Å²) in [6.07, 6.45) is -0.909. The number of benzene rings is 3. The zero-order valence-electron chi connectivity index (χ0n) is 16.4. The number of carbonyl (C=O) groups excluding carboxylic acids is 3. The first-order chi connectivity index (χ1) is 14.5. The van der Waals surface area contributed by atoms with Crippen molar-refractivity contribution in [2.75, 3.05) is 7.11 Å². The molecule has 0 bridgehead atoms. The largest absolute Gasteiger partial charge is 0.516 e. The van der Waals surface area contributed by atoms with Crippen molar-refractivity contribution in [2.24, 2.45) is 0 Å². The highest BCUT2D eigenvalue weighted by molar-refractivity contribution is 5.96. The molecule has 0 aliphatic carbocycles. The molecule has 0 heterocycles. The third-order valence-electron chi connectivity index (χ3n) is 4.31. The van der Waals surface area contributed by atoms with Gasteiger partial charge in [0.05, 0.1) is 19.1 Å². The fourth-order valence-electron chi connectivity index (χ4n) is 2.81. The van der Waals surface area contributed by atoms with Gasteiger partial charge in [0.25, 0.3) is 0 Å². The van der Waals surface area contributed by atoms with Crippen LogP contribution in [-0.4, -0.2) is 25.2 Å². The smallest absolute Gasteiger partial charge is 0.469 e. The molecule has 0 saturated carbocycles. The van der Waals surface area contributed by atoms with Crippen molar-refractivity contribution in [3.05, 3.63) is 95.6 Å². The van der Waals surface area contributed by atoms with Gasteiger partial charge in [0.1, 0.15) is 6.61 Å². The Bertz CT molecular complexity index is 1040. The predicted octanol–water partition coefficient (Wildman–Crippen LogP) is 4.56. The zero-order chi connectivity index (χ0) is 21.3. The van der Waals surface area contributed by atoms with Gasteiger partial charge in [-0.3, -0.25) is 4.79 Å². The van der Waals surface area contributed by atoms with E-state index in [0.717, 1.165) is 22.3 Å². The van der Waals surface area contributed by atoms with E-state index in [9.17, 15) is 14.4 Å². The lowest BCUT2D eigenvalue weighted by Crippen LogP contribution is -2.14. The van der Waals surface area contributed by atoms with E-state index in [1.165, 1.54) is 7.11 Å². The molecule has 0 aliphatic heterocycles. The highest BCUT2D eigenvalue weighted by Gasteiger charge is 2.15. The molecule has 3 aromatic carbocycles. The van der Waals surface area contributed by atoms with Crippen LogP contribution >= 0.6 is 0 Å². The van der Waals surface area contributed by atoms with Crippen LogP contribution in [0.3, 0.4) is 0 Å². The van der Waals surface area contributed by atoms with Crippen LogP contribution in [0.2, 0.25) is 0 Å². The number of rotatable bonds is 6. The van der Waals surface area contributed by atoms with Crippen LogP contribution in [0, 0.1) is 0 Å². The minimum Gasteiger partial charge on any atom is -0.469 e. The van der Waals surface area contributed by atoms with Crippen LogP contribution in [0.4, 0.5) is 4.79 Å². The Morgan fingerprint density at radius 1 is 0.767 bits per heavy atom. The number of hydrogen-bond donors (Lipinski definition) is 0. The fraction of sp³-hybridized carbons (Fsp3) is 0.125. The van der Waals surface area contributed by atoms with Crippen molar-refractivity contribution in [1.82, 2.24) is 0 Å². The van der Waals surface area contributed by atoms with E-state index >= 15 is 0 Å². The Balaban J connectivity index is 1.66. The Hall–Kier alpha value is -3.93. The first-order valence-electron chi connectivity index (χ1n) is 9.24. The summed E-state index contributed by atoms with van der Waals surface area (Å²) in [5.41, 5.74) is 3.35. The summed E-state index contributed by atoms with van der Waals surface area (Å²) < 4.78 is 14.4. The second kappa shape index (κ2) is 10.0. The summed E-state index contributed by atoms with van der Waals surface area (Å²) in [7, 11) is 1.34. The number of ether oxygens (including phenoxy) is 3. The highest BCUT2D eigenvalue weighted by atomic mass is 16.7. The van der Waals surface area contributed by atoms with Crippen molar-refractivity contribution >= 4 is 18.1 Å². The second-order valence-electron chi connectivity index (χ2n) is 6.45. The molecule has 30 heavy (non-hydrogen) atoms. The molecule has 0 N–H and O–H groups in total. The first-order valence-corrected chi connectivity index (χ1v) is 9.24. The van der Waals surface area contributed by atoms with Gasteiger partial charge in [-0.15, -0.1) is 0 Å². The molecule has 6 heteroatoms. The van der Waals surface area contributed by atoms with Crippen LogP contribution in [0.5, 0.6) is 0 Å². The Morgan fingerprint density at radius 3 is 2.17 bits per heavy atom. The summed E-state index contributed by atoms with van der Waals surface area (Å²) in [6.45, 7) is 0.0139. The van der Waals surface area contributed by atoms with Gasteiger partial charge in [-0.2, -0.15) is 0 Å². The highest BCUT2D eigenvalue weighted by Crippen LogP contribution is 2.22. The predicted molar refractivity (Wildman–Crippen MR) is 110 cm³/mol. The fourth-order valence-corrected chi connectivity index (χ4v) is 2.81. The lowest BCUT2D eigenvalue weighted by Gasteiger charge is -2.08. The van der Waals surface area contributed by atoms with Crippen LogP contribution < -0.4 is 0 Å². The molecule has 0 fully saturated rings. The monoisotopic (exact) mass is 404 g/mol. The third-order valence-corrected chi connectivity index (χ3v) is 4.31. The van der Waals surface area contributed by atoms with E-state index in [0.29, 0.717) is 0 Å². The average Bonchev–Trinajstić information content (AvgIpc) is 2.78.